The zero-order valence-corrected chi connectivity index (χ0v) is 6.86. The van der Waals surface area contributed by atoms with Crippen LogP contribution in [0.3, 0.4) is 0 Å². The molecule has 0 atom stereocenters. The first-order valence-electron chi connectivity index (χ1n) is 3.77. The molecule has 0 bridgehead atoms. The highest BCUT2D eigenvalue weighted by Crippen LogP contribution is 2.16. The zero-order valence-electron chi connectivity index (χ0n) is 6.86. The number of rotatable bonds is 1. The van der Waals surface area contributed by atoms with Crippen LogP contribution in [0.25, 0.3) is 5.57 Å². The lowest BCUT2D eigenvalue weighted by atomic mass is 10.1. The van der Waals surface area contributed by atoms with Gasteiger partial charge in [0.1, 0.15) is 5.84 Å². The molecule has 0 spiro atoms. The van der Waals surface area contributed by atoms with Crippen LogP contribution >= 0.6 is 0 Å². The second-order valence-electron chi connectivity index (χ2n) is 2.75. The number of aliphatic imine (C=N–C) groups is 1. The fourth-order valence-corrected chi connectivity index (χ4v) is 1.25. The molecule has 2 rings (SSSR count). The van der Waals surface area contributed by atoms with E-state index < -0.39 is 0 Å². The SMILES string of the molecule is Cn1cc(C2=CCN=C2N)cn1. The van der Waals surface area contributed by atoms with E-state index in [4.69, 9.17) is 5.73 Å². The van der Waals surface area contributed by atoms with Gasteiger partial charge < -0.3 is 5.73 Å². The summed E-state index contributed by atoms with van der Waals surface area (Å²) in [6.45, 7) is 0.691. The molecule has 1 aromatic rings. The number of nitrogens with zero attached hydrogens (tertiary/aromatic N) is 3. The number of aromatic nitrogens is 2. The van der Waals surface area contributed by atoms with Gasteiger partial charge in [0.15, 0.2) is 0 Å². The molecule has 4 nitrogen and oxygen atoms in total. The van der Waals surface area contributed by atoms with E-state index in [1.807, 2.05) is 19.3 Å². The van der Waals surface area contributed by atoms with Gasteiger partial charge in [0.2, 0.25) is 0 Å². The highest BCUT2D eigenvalue weighted by atomic mass is 15.2. The molecule has 12 heavy (non-hydrogen) atoms. The molecular formula is C8H10N4. The van der Waals surface area contributed by atoms with Crippen molar-refractivity contribution in [1.29, 1.82) is 0 Å². The maximum Gasteiger partial charge on any atom is 0.126 e. The fourth-order valence-electron chi connectivity index (χ4n) is 1.25. The Hall–Kier alpha value is -1.58. The average molecular weight is 162 g/mol. The molecule has 0 saturated carbocycles. The van der Waals surface area contributed by atoms with Crippen molar-refractivity contribution in [3.05, 3.63) is 24.0 Å². The summed E-state index contributed by atoms with van der Waals surface area (Å²) < 4.78 is 1.75. The van der Waals surface area contributed by atoms with Gasteiger partial charge in [0.25, 0.3) is 0 Å². The van der Waals surface area contributed by atoms with E-state index in [9.17, 15) is 0 Å². The monoisotopic (exact) mass is 162 g/mol. The first-order chi connectivity index (χ1) is 5.77. The molecule has 0 amide bonds. The lowest BCUT2D eigenvalue weighted by molar-refractivity contribution is 0.767. The smallest absolute Gasteiger partial charge is 0.126 e. The van der Waals surface area contributed by atoms with Gasteiger partial charge in [-0.2, -0.15) is 5.10 Å². The van der Waals surface area contributed by atoms with E-state index in [2.05, 4.69) is 10.1 Å². The van der Waals surface area contributed by atoms with Crippen LogP contribution in [0.4, 0.5) is 0 Å². The lowest BCUT2D eigenvalue weighted by Gasteiger charge is -1.95. The summed E-state index contributed by atoms with van der Waals surface area (Å²) in [5.41, 5.74) is 7.71. The second-order valence-corrected chi connectivity index (χ2v) is 2.75. The van der Waals surface area contributed by atoms with Crippen molar-refractivity contribution < 1.29 is 0 Å². The van der Waals surface area contributed by atoms with Crippen molar-refractivity contribution in [1.82, 2.24) is 9.78 Å². The Kier molecular flexibility index (Phi) is 1.46. The average Bonchev–Trinajstić information content (AvgIpc) is 2.58. The van der Waals surface area contributed by atoms with Gasteiger partial charge >= 0.3 is 0 Å². The molecule has 0 aliphatic carbocycles. The van der Waals surface area contributed by atoms with Crippen LogP contribution in [0.15, 0.2) is 23.5 Å². The van der Waals surface area contributed by atoms with Crippen molar-refractivity contribution in [2.75, 3.05) is 6.54 Å². The van der Waals surface area contributed by atoms with Gasteiger partial charge in [-0.15, -0.1) is 0 Å². The summed E-state index contributed by atoms with van der Waals surface area (Å²) in [6, 6.07) is 0. The van der Waals surface area contributed by atoms with Crippen LogP contribution in [0.2, 0.25) is 0 Å². The molecule has 62 valence electrons. The maximum absolute atomic E-state index is 5.66. The van der Waals surface area contributed by atoms with Gasteiger partial charge in [0, 0.05) is 24.4 Å². The van der Waals surface area contributed by atoms with E-state index in [0.29, 0.717) is 12.4 Å². The van der Waals surface area contributed by atoms with Crippen LogP contribution in [-0.2, 0) is 7.05 Å². The Morgan fingerprint density at radius 1 is 1.58 bits per heavy atom. The minimum Gasteiger partial charge on any atom is -0.383 e. The van der Waals surface area contributed by atoms with Crippen molar-refractivity contribution in [3.8, 4) is 0 Å². The summed E-state index contributed by atoms with van der Waals surface area (Å²) in [6.07, 6.45) is 5.73. The Labute approximate surface area is 70.4 Å². The van der Waals surface area contributed by atoms with E-state index in [-0.39, 0.29) is 0 Å². The van der Waals surface area contributed by atoms with E-state index in [1.165, 1.54) is 0 Å². The molecule has 0 saturated heterocycles. The number of hydrogen-bond donors (Lipinski definition) is 1. The van der Waals surface area contributed by atoms with Crippen molar-refractivity contribution >= 4 is 11.4 Å². The predicted molar refractivity (Wildman–Crippen MR) is 47.7 cm³/mol. The van der Waals surface area contributed by atoms with Crippen molar-refractivity contribution in [3.63, 3.8) is 0 Å². The highest BCUT2D eigenvalue weighted by Gasteiger charge is 2.11. The molecule has 0 radical (unpaired) electrons. The third kappa shape index (κ3) is 1.01. The summed E-state index contributed by atoms with van der Waals surface area (Å²) >= 11 is 0. The number of hydrogen-bond acceptors (Lipinski definition) is 3. The lowest BCUT2D eigenvalue weighted by Crippen LogP contribution is -2.10. The standard InChI is InChI=1S/C8H10N4/c1-12-5-6(4-11-12)7-2-3-10-8(7)9/h2,4-5H,3H2,1H3,(H2,9,10). The Morgan fingerprint density at radius 2 is 2.42 bits per heavy atom. The molecule has 0 fully saturated rings. The largest absolute Gasteiger partial charge is 0.383 e. The molecule has 2 N–H and O–H groups in total. The quantitative estimate of drug-likeness (QED) is 0.640. The normalized spacial score (nSPS) is 16.1. The molecule has 1 aliphatic rings. The van der Waals surface area contributed by atoms with Crippen LogP contribution < -0.4 is 5.73 Å². The van der Waals surface area contributed by atoms with Gasteiger partial charge in [-0.25, -0.2) is 0 Å². The van der Waals surface area contributed by atoms with Gasteiger partial charge in [-0.1, -0.05) is 6.08 Å². The minimum absolute atomic E-state index is 0.614. The van der Waals surface area contributed by atoms with Gasteiger partial charge in [-0.05, 0) is 0 Å². The Bertz CT molecular complexity index is 359. The molecular weight excluding hydrogens is 152 g/mol. The van der Waals surface area contributed by atoms with Crippen LogP contribution in [-0.4, -0.2) is 22.2 Å². The van der Waals surface area contributed by atoms with Gasteiger partial charge in [-0.3, -0.25) is 9.67 Å². The summed E-state index contributed by atoms with van der Waals surface area (Å²) in [4.78, 5) is 4.07. The Morgan fingerprint density at radius 3 is 2.92 bits per heavy atom. The van der Waals surface area contributed by atoms with E-state index in [1.54, 1.807) is 10.9 Å². The Balaban J connectivity index is 2.38. The summed E-state index contributed by atoms with van der Waals surface area (Å²) in [5, 5.41) is 4.06. The fraction of sp³-hybridized carbons (Fsp3) is 0.250. The van der Waals surface area contributed by atoms with Gasteiger partial charge in [0.05, 0.1) is 12.7 Å². The predicted octanol–water partition coefficient (Wildman–Crippen LogP) is 0.174. The van der Waals surface area contributed by atoms with Crippen LogP contribution in [0, 0.1) is 0 Å². The third-order valence-corrected chi connectivity index (χ3v) is 1.85. The molecule has 2 heterocycles. The second kappa shape index (κ2) is 2.48. The summed E-state index contributed by atoms with van der Waals surface area (Å²) in [5.74, 6) is 0.614. The zero-order chi connectivity index (χ0) is 8.55. The third-order valence-electron chi connectivity index (χ3n) is 1.85. The molecule has 0 unspecified atom stereocenters. The first kappa shape index (κ1) is 7.09. The molecule has 1 aromatic heterocycles. The van der Waals surface area contributed by atoms with Crippen molar-refractivity contribution in [2.45, 2.75) is 0 Å². The van der Waals surface area contributed by atoms with E-state index >= 15 is 0 Å². The number of nitrogens with two attached hydrogens (primary N) is 1. The van der Waals surface area contributed by atoms with Crippen LogP contribution in [0.5, 0.6) is 0 Å². The minimum atomic E-state index is 0.614. The molecule has 1 aliphatic heterocycles. The molecule has 0 aromatic carbocycles. The highest BCUT2D eigenvalue weighted by molar-refractivity contribution is 6.23. The van der Waals surface area contributed by atoms with Crippen molar-refractivity contribution in [2.24, 2.45) is 17.8 Å². The van der Waals surface area contributed by atoms with E-state index in [0.717, 1.165) is 11.1 Å². The maximum atomic E-state index is 5.66. The summed E-state index contributed by atoms with van der Waals surface area (Å²) in [7, 11) is 1.88. The number of amidine groups is 1. The molecule has 4 heteroatoms. The number of aryl methyl sites for hydroxylation is 1. The first-order valence-corrected chi connectivity index (χ1v) is 3.77. The topological polar surface area (TPSA) is 56.2 Å². The van der Waals surface area contributed by atoms with Crippen LogP contribution in [0.1, 0.15) is 5.56 Å².